The molecule has 0 unspecified atom stereocenters. The predicted octanol–water partition coefficient (Wildman–Crippen LogP) is 3.03. The van der Waals surface area contributed by atoms with Gasteiger partial charge in [-0.3, -0.25) is 4.79 Å². The second-order valence-corrected chi connectivity index (χ2v) is 7.03. The van der Waals surface area contributed by atoms with Gasteiger partial charge in [-0.1, -0.05) is 11.6 Å². The van der Waals surface area contributed by atoms with Crippen LogP contribution in [0.5, 0.6) is 17.4 Å². The zero-order valence-corrected chi connectivity index (χ0v) is 17.7. The summed E-state index contributed by atoms with van der Waals surface area (Å²) in [5.41, 5.74) is -2.04. The number of hydrogen-bond acceptors (Lipinski definition) is 8. The Morgan fingerprint density at radius 3 is 2.64 bits per heavy atom. The normalized spacial score (nSPS) is 11.2. The molecule has 0 spiro atoms. The summed E-state index contributed by atoms with van der Waals surface area (Å²) < 4.78 is 51.2. The van der Waals surface area contributed by atoms with Gasteiger partial charge in [0.15, 0.2) is 5.69 Å². The number of rotatable bonds is 7. The number of aliphatic hydroxyl groups is 1. The molecule has 0 bridgehead atoms. The van der Waals surface area contributed by atoms with Crippen LogP contribution in [0, 0.1) is 11.3 Å². The molecule has 2 aromatic heterocycles. The van der Waals surface area contributed by atoms with Crippen LogP contribution in [0.4, 0.5) is 13.2 Å². The highest BCUT2D eigenvalue weighted by atomic mass is 35.5. The minimum Gasteiger partial charge on any atom is -0.480 e. The second kappa shape index (κ2) is 9.85. The SMILES string of the molecule is COc1nnc(Cc2nc(C(F)(F)F)c(Oc3cc(Cl)cc(C#N)c3)c(=O)[nH]2)cc1CCO. The summed E-state index contributed by atoms with van der Waals surface area (Å²) in [4.78, 5) is 18.3. The van der Waals surface area contributed by atoms with Gasteiger partial charge in [-0.25, -0.2) is 4.98 Å². The summed E-state index contributed by atoms with van der Waals surface area (Å²) in [6.07, 6.45) is -5.13. The number of nitrogens with zero attached hydrogens (tertiary/aromatic N) is 4. The molecule has 13 heteroatoms. The third-order valence-corrected chi connectivity index (χ3v) is 4.44. The predicted molar refractivity (Wildman–Crippen MR) is 108 cm³/mol. The van der Waals surface area contributed by atoms with Crippen LogP contribution in [0.15, 0.2) is 29.1 Å². The first-order valence-corrected chi connectivity index (χ1v) is 9.61. The van der Waals surface area contributed by atoms with Gasteiger partial charge in [-0.2, -0.15) is 23.5 Å². The molecule has 0 aliphatic rings. The Balaban J connectivity index is 2.01. The molecule has 33 heavy (non-hydrogen) atoms. The van der Waals surface area contributed by atoms with Crippen molar-refractivity contribution >= 4 is 11.6 Å². The van der Waals surface area contributed by atoms with Crippen molar-refractivity contribution < 1.29 is 27.8 Å². The second-order valence-electron chi connectivity index (χ2n) is 6.60. The zero-order chi connectivity index (χ0) is 24.2. The number of ether oxygens (including phenoxy) is 2. The molecule has 2 N–H and O–H groups in total. The standard InChI is InChI=1S/C20H15ClF3N5O4/c1-32-19-11(2-3-30)6-13(28-29-19)8-15-26-17(20(22,23)24)16(18(31)27-15)33-14-5-10(9-25)4-12(21)7-14/h4-7,30H,2-3,8H2,1H3,(H,26,27,31). The van der Waals surface area contributed by atoms with Crippen molar-refractivity contribution in [1.82, 2.24) is 20.2 Å². The maximum absolute atomic E-state index is 13.7. The average molecular weight is 482 g/mol. The van der Waals surface area contributed by atoms with E-state index in [0.29, 0.717) is 5.56 Å². The molecule has 0 fully saturated rings. The lowest BCUT2D eigenvalue weighted by molar-refractivity contribution is -0.142. The van der Waals surface area contributed by atoms with Gasteiger partial charge in [-0.05, 0) is 24.3 Å². The number of benzene rings is 1. The quantitative estimate of drug-likeness (QED) is 0.526. The van der Waals surface area contributed by atoms with E-state index >= 15 is 0 Å². The number of H-pyrrole nitrogens is 1. The zero-order valence-electron chi connectivity index (χ0n) is 16.9. The van der Waals surface area contributed by atoms with E-state index in [2.05, 4.69) is 20.2 Å². The monoisotopic (exact) mass is 481 g/mol. The van der Waals surface area contributed by atoms with Crippen molar-refractivity contribution in [2.45, 2.75) is 19.0 Å². The van der Waals surface area contributed by atoms with Gasteiger partial charge in [0, 0.05) is 23.6 Å². The smallest absolute Gasteiger partial charge is 0.437 e. The van der Waals surface area contributed by atoms with Crippen molar-refractivity contribution in [3.63, 3.8) is 0 Å². The van der Waals surface area contributed by atoms with Crippen LogP contribution in [0.2, 0.25) is 5.02 Å². The minimum absolute atomic E-state index is 0.0313. The van der Waals surface area contributed by atoms with Crippen molar-refractivity contribution in [2.24, 2.45) is 0 Å². The van der Waals surface area contributed by atoms with Crippen LogP contribution in [-0.4, -0.2) is 39.0 Å². The topological polar surface area (TPSA) is 134 Å². The Morgan fingerprint density at radius 2 is 2.00 bits per heavy atom. The van der Waals surface area contributed by atoms with Crippen LogP contribution >= 0.6 is 11.6 Å². The Labute approximate surface area is 189 Å². The third kappa shape index (κ3) is 5.76. The Hall–Kier alpha value is -3.69. The summed E-state index contributed by atoms with van der Waals surface area (Å²) in [6, 6.07) is 6.84. The van der Waals surface area contributed by atoms with Gasteiger partial charge in [0.1, 0.15) is 11.6 Å². The number of nitrogens with one attached hydrogen (secondary N) is 1. The fourth-order valence-electron chi connectivity index (χ4n) is 2.88. The van der Waals surface area contributed by atoms with Crippen molar-refractivity contribution in [1.29, 1.82) is 5.26 Å². The average Bonchev–Trinajstić information content (AvgIpc) is 2.74. The largest absolute Gasteiger partial charge is 0.480 e. The highest BCUT2D eigenvalue weighted by Gasteiger charge is 2.39. The van der Waals surface area contributed by atoms with Gasteiger partial charge in [-0.15, -0.1) is 5.10 Å². The lowest BCUT2D eigenvalue weighted by Crippen LogP contribution is -2.22. The molecule has 0 aliphatic heterocycles. The van der Waals surface area contributed by atoms with Gasteiger partial charge in [0.25, 0.3) is 5.56 Å². The fraction of sp³-hybridized carbons (Fsp3) is 0.250. The number of alkyl halides is 3. The van der Waals surface area contributed by atoms with Crippen LogP contribution in [0.25, 0.3) is 0 Å². The van der Waals surface area contributed by atoms with Crippen LogP contribution in [0.3, 0.4) is 0 Å². The van der Waals surface area contributed by atoms with E-state index in [9.17, 15) is 18.0 Å². The first kappa shape index (κ1) is 24.0. The molecule has 0 amide bonds. The van der Waals surface area contributed by atoms with E-state index in [1.54, 1.807) is 6.07 Å². The van der Waals surface area contributed by atoms with Gasteiger partial charge in [0.2, 0.25) is 11.6 Å². The molecule has 172 valence electrons. The summed E-state index contributed by atoms with van der Waals surface area (Å²) in [6.45, 7) is -0.210. The van der Waals surface area contributed by atoms with E-state index in [1.807, 2.05) is 0 Å². The molecular weight excluding hydrogens is 467 g/mol. The van der Waals surface area contributed by atoms with E-state index < -0.39 is 23.2 Å². The van der Waals surface area contributed by atoms with Gasteiger partial charge >= 0.3 is 6.18 Å². The van der Waals surface area contributed by atoms with Crippen molar-refractivity contribution in [2.75, 3.05) is 13.7 Å². The molecule has 3 aromatic rings. The highest BCUT2D eigenvalue weighted by molar-refractivity contribution is 6.30. The molecule has 3 rings (SSSR count). The molecule has 1 aromatic carbocycles. The molecule has 0 saturated heterocycles. The molecule has 0 atom stereocenters. The first-order chi connectivity index (χ1) is 15.6. The van der Waals surface area contributed by atoms with Crippen molar-refractivity contribution in [3.8, 4) is 23.4 Å². The number of aromatic nitrogens is 4. The molecule has 0 saturated carbocycles. The Kier molecular flexibility index (Phi) is 7.15. The molecule has 0 radical (unpaired) electrons. The number of aromatic amines is 1. The number of aliphatic hydroxyl groups excluding tert-OH is 1. The fourth-order valence-corrected chi connectivity index (χ4v) is 3.10. The van der Waals surface area contributed by atoms with E-state index in [4.69, 9.17) is 31.4 Å². The molecular formula is C20H15ClF3N5O4. The number of nitriles is 1. The third-order valence-electron chi connectivity index (χ3n) is 4.22. The summed E-state index contributed by atoms with van der Waals surface area (Å²) in [5, 5.41) is 25.9. The van der Waals surface area contributed by atoms with Crippen LogP contribution in [-0.2, 0) is 19.0 Å². The number of methoxy groups -OCH3 is 1. The lowest BCUT2D eigenvalue weighted by Gasteiger charge is -2.14. The van der Waals surface area contributed by atoms with E-state index in [0.717, 1.165) is 12.1 Å². The number of hydrogen-bond donors (Lipinski definition) is 2. The highest BCUT2D eigenvalue weighted by Crippen LogP contribution is 2.35. The summed E-state index contributed by atoms with van der Waals surface area (Å²) >= 11 is 5.84. The maximum Gasteiger partial charge on any atom is 0.437 e. The first-order valence-electron chi connectivity index (χ1n) is 9.23. The molecule has 2 heterocycles. The Bertz CT molecular complexity index is 1270. The molecule has 9 nitrogen and oxygen atoms in total. The van der Waals surface area contributed by atoms with Gasteiger partial charge in [0.05, 0.1) is 30.9 Å². The molecule has 0 aliphatic carbocycles. The number of halogens is 4. The van der Waals surface area contributed by atoms with E-state index in [-0.39, 0.29) is 53.2 Å². The lowest BCUT2D eigenvalue weighted by atomic mass is 10.1. The Morgan fingerprint density at radius 1 is 1.24 bits per heavy atom. The van der Waals surface area contributed by atoms with Crippen molar-refractivity contribution in [3.05, 3.63) is 68.0 Å². The minimum atomic E-state index is -5.03. The maximum atomic E-state index is 13.7. The van der Waals surface area contributed by atoms with Crippen LogP contribution in [0.1, 0.15) is 28.3 Å². The van der Waals surface area contributed by atoms with E-state index in [1.165, 1.54) is 19.2 Å². The summed E-state index contributed by atoms with van der Waals surface area (Å²) in [5.74, 6) is -1.51. The van der Waals surface area contributed by atoms with Gasteiger partial charge < -0.3 is 19.6 Å². The summed E-state index contributed by atoms with van der Waals surface area (Å²) in [7, 11) is 1.36. The van der Waals surface area contributed by atoms with Crippen LogP contribution < -0.4 is 15.0 Å².